The van der Waals surface area contributed by atoms with Gasteiger partial charge in [-0.25, -0.2) is 4.79 Å². The van der Waals surface area contributed by atoms with Gasteiger partial charge in [0.15, 0.2) is 5.78 Å². The lowest BCUT2D eigenvalue weighted by atomic mass is 9.87. The van der Waals surface area contributed by atoms with Crippen LogP contribution in [0.1, 0.15) is 50.1 Å². The molecule has 0 spiro atoms. The van der Waals surface area contributed by atoms with Crippen LogP contribution in [0.5, 0.6) is 0 Å². The molecule has 2 unspecified atom stereocenters. The van der Waals surface area contributed by atoms with Gasteiger partial charge in [0.2, 0.25) is 5.78 Å². The predicted octanol–water partition coefficient (Wildman–Crippen LogP) is 2.50. The topological polar surface area (TPSA) is 130 Å². The molecule has 2 aromatic rings. The average molecular weight is 469 g/mol. The molecule has 9 nitrogen and oxygen atoms in total. The summed E-state index contributed by atoms with van der Waals surface area (Å²) in [6.45, 7) is 4.06. The molecule has 0 radical (unpaired) electrons. The van der Waals surface area contributed by atoms with Crippen molar-refractivity contribution in [1.82, 2.24) is 20.8 Å². The monoisotopic (exact) mass is 468 g/mol. The van der Waals surface area contributed by atoms with E-state index in [9.17, 15) is 19.2 Å². The van der Waals surface area contributed by atoms with Gasteiger partial charge in [0.05, 0.1) is 11.7 Å². The molecular weight excluding hydrogens is 436 g/mol. The van der Waals surface area contributed by atoms with Crippen molar-refractivity contribution < 1.29 is 23.9 Å². The van der Waals surface area contributed by atoms with Gasteiger partial charge in [0.25, 0.3) is 5.91 Å². The first-order valence-corrected chi connectivity index (χ1v) is 11.7. The van der Waals surface area contributed by atoms with Crippen LogP contribution in [0.4, 0.5) is 4.79 Å². The molecule has 9 heteroatoms. The summed E-state index contributed by atoms with van der Waals surface area (Å²) in [5.41, 5.74) is 2.60. The molecule has 1 aliphatic heterocycles. The van der Waals surface area contributed by atoms with E-state index in [0.717, 1.165) is 23.4 Å². The van der Waals surface area contributed by atoms with E-state index in [1.54, 1.807) is 13.8 Å². The smallest absolute Gasteiger partial charge is 0.408 e. The molecule has 1 aliphatic rings. The third kappa shape index (κ3) is 7.26. The number of Topliss-reactive ketones (excluding diaryl/α,β-unsaturated/α-hetero) is 2. The number of amides is 2. The molecule has 3 rings (SSSR count). The van der Waals surface area contributed by atoms with Crippen molar-refractivity contribution in [2.45, 2.75) is 58.6 Å². The number of carbonyl (C=O) groups is 4. The zero-order chi connectivity index (χ0) is 24.5. The highest BCUT2D eigenvalue weighted by molar-refractivity contribution is 6.37. The highest BCUT2D eigenvalue weighted by Gasteiger charge is 2.32. The molecule has 34 heavy (non-hydrogen) atoms. The summed E-state index contributed by atoms with van der Waals surface area (Å²) in [7, 11) is 0. The minimum absolute atomic E-state index is 0.0820. The van der Waals surface area contributed by atoms with Crippen LogP contribution < -0.4 is 10.6 Å². The summed E-state index contributed by atoms with van der Waals surface area (Å²) in [6.07, 6.45) is 1.33. The maximum atomic E-state index is 13.1. The molecule has 3 N–H and O–H groups in total. The van der Waals surface area contributed by atoms with E-state index in [2.05, 4.69) is 20.8 Å². The SMILES string of the molecule is CC(C)C(NC(=O)OCc1ccccc1)C(=O)CC1CCc2cc([nH]n2)CCCNC(=O)C1=O. The van der Waals surface area contributed by atoms with E-state index in [4.69, 9.17) is 4.74 Å². The Bertz CT molecular complexity index is 1000. The molecule has 2 heterocycles. The standard InChI is InChI=1S/C25H32N4O5/c1-16(2)22(27-25(33)34-15-17-7-4-3-5-8-17)21(30)13-18-10-11-20-14-19(28-29-20)9-6-12-26-24(32)23(18)31/h3-5,7-8,14,16,18,22H,6,9-13,15H2,1-2H3,(H,26,32)(H,27,33)(H,28,29). The fraction of sp³-hybridized carbons (Fsp3) is 0.480. The fourth-order valence-electron chi connectivity index (χ4n) is 3.95. The van der Waals surface area contributed by atoms with Gasteiger partial charge in [0, 0.05) is 24.6 Å². The van der Waals surface area contributed by atoms with Crippen LogP contribution in [-0.4, -0.2) is 46.4 Å². The summed E-state index contributed by atoms with van der Waals surface area (Å²) in [5.74, 6) is -2.62. The number of alkyl carbamates (subject to hydrolysis) is 1. The molecule has 182 valence electrons. The summed E-state index contributed by atoms with van der Waals surface area (Å²) in [5, 5.41) is 12.5. The number of aromatic amines is 1. The van der Waals surface area contributed by atoms with E-state index < -0.39 is 29.7 Å². The van der Waals surface area contributed by atoms with Crippen LogP contribution in [0.25, 0.3) is 0 Å². The number of aromatic nitrogens is 2. The van der Waals surface area contributed by atoms with Gasteiger partial charge >= 0.3 is 6.09 Å². The molecule has 0 saturated carbocycles. The van der Waals surface area contributed by atoms with Gasteiger partial charge in [-0.1, -0.05) is 44.2 Å². The predicted molar refractivity (Wildman–Crippen MR) is 125 cm³/mol. The van der Waals surface area contributed by atoms with Crippen LogP contribution in [0.15, 0.2) is 36.4 Å². The molecular formula is C25H32N4O5. The highest BCUT2D eigenvalue weighted by Crippen LogP contribution is 2.19. The Morgan fingerprint density at radius 2 is 1.94 bits per heavy atom. The third-order valence-corrected chi connectivity index (χ3v) is 5.88. The lowest BCUT2D eigenvalue weighted by Gasteiger charge is -2.23. The second kappa shape index (κ2) is 12.1. The Hall–Kier alpha value is -3.49. The first kappa shape index (κ1) is 25.1. The van der Waals surface area contributed by atoms with E-state index in [1.165, 1.54) is 0 Å². The van der Waals surface area contributed by atoms with Crippen LogP contribution in [0, 0.1) is 11.8 Å². The number of benzene rings is 1. The summed E-state index contributed by atoms with van der Waals surface area (Å²) < 4.78 is 5.25. The second-order valence-corrected chi connectivity index (χ2v) is 8.94. The highest BCUT2D eigenvalue weighted by atomic mass is 16.5. The zero-order valence-electron chi connectivity index (χ0n) is 19.6. The zero-order valence-corrected chi connectivity index (χ0v) is 19.6. The van der Waals surface area contributed by atoms with Gasteiger partial charge < -0.3 is 15.4 Å². The molecule has 1 aromatic carbocycles. The van der Waals surface area contributed by atoms with Crippen molar-refractivity contribution in [2.24, 2.45) is 11.8 Å². The molecule has 0 saturated heterocycles. The molecule has 2 atom stereocenters. The normalized spacial score (nSPS) is 17.8. The number of ether oxygens (including phenoxy) is 1. The lowest BCUT2D eigenvalue weighted by molar-refractivity contribution is -0.141. The maximum absolute atomic E-state index is 13.1. The summed E-state index contributed by atoms with van der Waals surface area (Å²) in [6, 6.07) is 10.3. The Kier molecular flexibility index (Phi) is 8.95. The number of nitrogens with zero attached hydrogens (tertiary/aromatic N) is 1. The van der Waals surface area contributed by atoms with Gasteiger partial charge in [-0.2, -0.15) is 5.10 Å². The van der Waals surface area contributed by atoms with E-state index in [0.29, 0.717) is 25.8 Å². The number of aryl methyl sites for hydroxylation is 2. The Morgan fingerprint density at radius 1 is 1.18 bits per heavy atom. The van der Waals surface area contributed by atoms with Crippen molar-refractivity contribution in [3.8, 4) is 0 Å². The average Bonchev–Trinajstić information content (AvgIpc) is 3.28. The van der Waals surface area contributed by atoms with Crippen molar-refractivity contribution in [1.29, 1.82) is 0 Å². The van der Waals surface area contributed by atoms with Crippen molar-refractivity contribution >= 4 is 23.6 Å². The van der Waals surface area contributed by atoms with Crippen molar-refractivity contribution in [3.63, 3.8) is 0 Å². The molecule has 2 bridgehead atoms. The van der Waals surface area contributed by atoms with E-state index in [-0.39, 0.29) is 24.7 Å². The number of ketones is 2. The van der Waals surface area contributed by atoms with Crippen LogP contribution in [-0.2, 0) is 38.6 Å². The van der Waals surface area contributed by atoms with E-state index in [1.807, 2.05) is 36.4 Å². The Labute approximate surface area is 199 Å². The molecule has 0 aliphatic carbocycles. The number of carbonyl (C=O) groups excluding carboxylic acids is 4. The van der Waals surface area contributed by atoms with Crippen LogP contribution in [0.3, 0.4) is 0 Å². The molecule has 1 aromatic heterocycles. The first-order valence-electron chi connectivity index (χ1n) is 11.7. The van der Waals surface area contributed by atoms with Gasteiger partial charge in [0.1, 0.15) is 6.61 Å². The van der Waals surface area contributed by atoms with Gasteiger partial charge in [-0.05, 0) is 43.2 Å². The number of hydrogen-bond acceptors (Lipinski definition) is 6. The summed E-state index contributed by atoms with van der Waals surface area (Å²) >= 11 is 0. The number of H-pyrrole nitrogens is 1. The number of rotatable bonds is 7. The Balaban J connectivity index is 1.64. The lowest BCUT2D eigenvalue weighted by Crippen LogP contribution is -2.46. The van der Waals surface area contributed by atoms with Crippen molar-refractivity contribution in [2.75, 3.05) is 6.54 Å². The van der Waals surface area contributed by atoms with Gasteiger partial charge in [-0.3, -0.25) is 19.5 Å². The van der Waals surface area contributed by atoms with Crippen LogP contribution >= 0.6 is 0 Å². The number of fused-ring (bicyclic) bond motifs is 2. The maximum Gasteiger partial charge on any atom is 0.408 e. The number of nitrogens with one attached hydrogen (secondary N) is 3. The number of hydrogen-bond donors (Lipinski definition) is 3. The largest absolute Gasteiger partial charge is 0.445 e. The molecule has 0 fully saturated rings. The van der Waals surface area contributed by atoms with Crippen molar-refractivity contribution in [3.05, 3.63) is 53.3 Å². The van der Waals surface area contributed by atoms with E-state index >= 15 is 0 Å². The summed E-state index contributed by atoms with van der Waals surface area (Å²) in [4.78, 5) is 50.7. The quantitative estimate of drug-likeness (QED) is 0.535. The van der Waals surface area contributed by atoms with Crippen LogP contribution in [0.2, 0.25) is 0 Å². The third-order valence-electron chi connectivity index (χ3n) is 5.88. The first-order chi connectivity index (χ1) is 16.3. The minimum atomic E-state index is -0.836. The molecule has 2 amide bonds. The minimum Gasteiger partial charge on any atom is -0.445 e. The fourth-order valence-corrected chi connectivity index (χ4v) is 3.95. The Morgan fingerprint density at radius 3 is 2.68 bits per heavy atom. The van der Waals surface area contributed by atoms with Gasteiger partial charge in [-0.15, -0.1) is 0 Å². The second-order valence-electron chi connectivity index (χ2n) is 8.94.